The fraction of sp³-hybridized carbons (Fsp3) is 0.190. The lowest BCUT2D eigenvalue weighted by atomic mass is 10.0. The van der Waals surface area contributed by atoms with Crippen molar-refractivity contribution in [3.05, 3.63) is 70.9 Å². The molecule has 0 radical (unpaired) electrons. The molecule has 0 saturated heterocycles. The molecule has 2 N–H and O–H groups in total. The highest BCUT2D eigenvalue weighted by Gasteiger charge is 2.12. The van der Waals surface area contributed by atoms with Gasteiger partial charge in [0.25, 0.3) is 5.56 Å². The van der Waals surface area contributed by atoms with Crippen molar-refractivity contribution in [3.63, 3.8) is 0 Å². The summed E-state index contributed by atoms with van der Waals surface area (Å²) in [5, 5.41) is 5.31. The Labute approximate surface area is 162 Å². The second-order valence-electron chi connectivity index (χ2n) is 6.47. The predicted octanol–water partition coefficient (Wildman–Crippen LogP) is 3.22. The molecule has 0 aliphatic carbocycles. The fourth-order valence-electron chi connectivity index (χ4n) is 3.34. The molecule has 7 nitrogen and oxygen atoms in total. The Morgan fingerprint density at radius 2 is 2.00 bits per heavy atom. The number of H-pyrrole nitrogens is 1. The summed E-state index contributed by atoms with van der Waals surface area (Å²) in [7, 11) is 1.68. The van der Waals surface area contributed by atoms with Crippen molar-refractivity contribution < 1.29 is 4.74 Å². The van der Waals surface area contributed by atoms with Crippen LogP contribution in [0.2, 0.25) is 0 Å². The minimum absolute atomic E-state index is 0.164. The molecule has 142 valence electrons. The maximum atomic E-state index is 11.6. The molecule has 2 heterocycles. The van der Waals surface area contributed by atoms with Gasteiger partial charge in [-0.3, -0.25) is 9.78 Å². The molecule has 4 aromatic rings. The molecular weight excluding hydrogens is 354 g/mol. The van der Waals surface area contributed by atoms with Crippen LogP contribution in [0.3, 0.4) is 0 Å². The monoisotopic (exact) mass is 375 g/mol. The van der Waals surface area contributed by atoms with Crippen molar-refractivity contribution in [1.82, 2.24) is 19.5 Å². The molecule has 4 rings (SSSR count). The van der Waals surface area contributed by atoms with Crippen LogP contribution in [-0.4, -0.2) is 33.2 Å². The van der Waals surface area contributed by atoms with E-state index in [0.29, 0.717) is 24.7 Å². The van der Waals surface area contributed by atoms with Crippen molar-refractivity contribution in [1.29, 1.82) is 0 Å². The first-order chi connectivity index (χ1) is 13.7. The lowest BCUT2D eigenvalue weighted by Gasteiger charge is -2.13. The van der Waals surface area contributed by atoms with E-state index >= 15 is 0 Å². The minimum atomic E-state index is -0.164. The Balaban J connectivity index is 1.60. The van der Waals surface area contributed by atoms with Gasteiger partial charge in [-0.15, -0.1) is 0 Å². The summed E-state index contributed by atoms with van der Waals surface area (Å²) < 4.78 is 7.57. The van der Waals surface area contributed by atoms with E-state index in [2.05, 4.69) is 30.9 Å². The molecule has 0 fully saturated rings. The van der Waals surface area contributed by atoms with Gasteiger partial charge in [0.1, 0.15) is 11.6 Å². The van der Waals surface area contributed by atoms with Gasteiger partial charge >= 0.3 is 0 Å². The molecule has 0 unspecified atom stereocenters. The van der Waals surface area contributed by atoms with Gasteiger partial charge in [-0.25, -0.2) is 9.97 Å². The smallest absolute Gasteiger partial charge is 0.252 e. The number of nitrogens with one attached hydrogen (secondary N) is 2. The molecule has 0 atom stereocenters. The third kappa shape index (κ3) is 3.46. The SMILES string of the molecule is COc1ccc(-c2nccn2CCNc2nc(C)cc(=O)[nH]2)c2ccccc12. The van der Waals surface area contributed by atoms with Crippen LogP contribution in [-0.2, 0) is 6.54 Å². The molecule has 0 saturated carbocycles. The van der Waals surface area contributed by atoms with Crippen molar-refractivity contribution in [2.75, 3.05) is 19.0 Å². The highest BCUT2D eigenvalue weighted by molar-refractivity contribution is 5.98. The summed E-state index contributed by atoms with van der Waals surface area (Å²) in [4.78, 5) is 23.1. The zero-order valence-corrected chi connectivity index (χ0v) is 15.8. The zero-order valence-electron chi connectivity index (χ0n) is 15.8. The van der Waals surface area contributed by atoms with E-state index < -0.39 is 0 Å². The Morgan fingerprint density at radius 3 is 2.79 bits per heavy atom. The molecule has 7 heteroatoms. The van der Waals surface area contributed by atoms with E-state index in [-0.39, 0.29) is 5.56 Å². The van der Waals surface area contributed by atoms with Crippen LogP contribution >= 0.6 is 0 Å². The first kappa shape index (κ1) is 17.8. The molecule has 0 aliphatic heterocycles. The van der Waals surface area contributed by atoms with E-state index in [9.17, 15) is 4.79 Å². The molecule has 2 aromatic heterocycles. The molecular formula is C21H21N5O2. The number of methoxy groups -OCH3 is 1. The van der Waals surface area contributed by atoms with Crippen molar-refractivity contribution in [3.8, 4) is 17.1 Å². The second kappa shape index (κ2) is 7.56. The van der Waals surface area contributed by atoms with E-state index in [1.807, 2.05) is 36.5 Å². The number of hydrogen-bond acceptors (Lipinski definition) is 5. The first-order valence-corrected chi connectivity index (χ1v) is 9.05. The number of anilines is 1. The van der Waals surface area contributed by atoms with Gasteiger partial charge in [0.05, 0.1) is 7.11 Å². The fourth-order valence-corrected chi connectivity index (χ4v) is 3.34. The van der Waals surface area contributed by atoms with Crippen LogP contribution in [0.5, 0.6) is 5.75 Å². The number of ether oxygens (including phenoxy) is 1. The number of rotatable bonds is 6. The number of hydrogen-bond donors (Lipinski definition) is 2. The Hall–Kier alpha value is -3.61. The number of nitrogens with zero attached hydrogens (tertiary/aromatic N) is 3. The molecule has 2 aromatic carbocycles. The molecule has 0 spiro atoms. The summed E-state index contributed by atoms with van der Waals surface area (Å²) in [6.07, 6.45) is 3.74. The van der Waals surface area contributed by atoms with Crippen LogP contribution in [0.4, 0.5) is 5.95 Å². The lowest BCUT2D eigenvalue weighted by Crippen LogP contribution is -2.16. The van der Waals surface area contributed by atoms with Crippen LogP contribution in [0.25, 0.3) is 22.2 Å². The minimum Gasteiger partial charge on any atom is -0.496 e. The number of aromatic amines is 1. The van der Waals surface area contributed by atoms with Crippen LogP contribution in [0.15, 0.2) is 59.7 Å². The summed E-state index contributed by atoms with van der Waals surface area (Å²) in [5.41, 5.74) is 1.56. The summed E-state index contributed by atoms with van der Waals surface area (Å²) in [5.74, 6) is 2.20. The predicted molar refractivity (Wildman–Crippen MR) is 110 cm³/mol. The average molecular weight is 375 g/mol. The van der Waals surface area contributed by atoms with Gasteiger partial charge in [-0.2, -0.15) is 0 Å². The van der Waals surface area contributed by atoms with E-state index in [1.54, 1.807) is 20.2 Å². The number of fused-ring (bicyclic) bond motifs is 1. The Morgan fingerprint density at radius 1 is 1.18 bits per heavy atom. The standard InChI is InChI=1S/C21H21N5O2/c1-14-13-19(27)25-21(24-14)23-10-12-26-11-9-22-20(26)17-7-8-18(28-2)16-6-4-3-5-15(16)17/h3-9,11,13H,10,12H2,1-2H3,(H2,23,24,25,27). The van der Waals surface area contributed by atoms with Gasteiger partial charge in [0.15, 0.2) is 0 Å². The Bertz CT molecular complexity index is 1180. The number of imidazole rings is 1. The van der Waals surface area contributed by atoms with Gasteiger partial charge < -0.3 is 14.6 Å². The van der Waals surface area contributed by atoms with Gasteiger partial charge in [0, 0.05) is 48.2 Å². The maximum absolute atomic E-state index is 11.6. The quantitative estimate of drug-likeness (QED) is 0.541. The third-order valence-electron chi connectivity index (χ3n) is 4.58. The summed E-state index contributed by atoms with van der Waals surface area (Å²) in [6.45, 7) is 3.07. The Kier molecular flexibility index (Phi) is 4.80. The molecule has 0 bridgehead atoms. The lowest BCUT2D eigenvalue weighted by molar-refractivity contribution is 0.420. The van der Waals surface area contributed by atoms with Gasteiger partial charge in [0.2, 0.25) is 5.95 Å². The summed E-state index contributed by atoms with van der Waals surface area (Å²) >= 11 is 0. The van der Waals surface area contributed by atoms with E-state index in [0.717, 1.165) is 27.9 Å². The maximum Gasteiger partial charge on any atom is 0.252 e. The molecule has 28 heavy (non-hydrogen) atoms. The zero-order chi connectivity index (χ0) is 19.5. The summed E-state index contributed by atoms with van der Waals surface area (Å²) in [6, 6.07) is 13.6. The van der Waals surface area contributed by atoms with Crippen molar-refractivity contribution >= 4 is 16.7 Å². The van der Waals surface area contributed by atoms with Gasteiger partial charge in [-0.05, 0) is 24.4 Å². The molecule has 0 aliphatic rings. The van der Waals surface area contributed by atoms with E-state index in [1.165, 1.54) is 6.07 Å². The third-order valence-corrected chi connectivity index (χ3v) is 4.58. The highest BCUT2D eigenvalue weighted by Crippen LogP contribution is 2.33. The van der Waals surface area contributed by atoms with E-state index in [4.69, 9.17) is 4.74 Å². The van der Waals surface area contributed by atoms with Crippen LogP contribution in [0, 0.1) is 6.92 Å². The molecule has 0 amide bonds. The topological polar surface area (TPSA) is 84.8 Å². The van der Waals surface area contributed by atoms with Crippen molar-refractivity contribution in [2.45, 2.75) is 13.5 Å². The largest absolute Gasteiger partial charge is 0.496 e. The number of aryl methyl sites for hydroxylation is 1. The highest BCUT2D eigenvalue weighted by atomic mass is 16.5. The number of benzene rings is 2. The van der Waals surface area contributed by atoms with Gasteiger partial charge in [-0.1, -0.05) is 24.3 Å². The van der Waals surface area contributed by atoms with Crippen LogP contribution < -0.4 is 15.6 Å². The first-order valence-electron chi connectivity index (χ1n) is 9.05. The normalized spacial score (nSPS) is 10.9. The second-order valence-corrected chi connectivity index (χ2v) is 6.47. The van der Waals surface area contributed by atoms with Crippen LogP contribution in [0.1, 0.15) is 5.69 Å². The average Bonchev–Trinajstić information content (AvgIpc) is 3.14. The van der Waals surface area contributed by atoms with Crippen molar-refractivity contribution in [2.24, 2.45) is 0 Å². The number of aromatic nitrogens is 4.